The van der Waals surface area contributed by atoms with Gasteiger partial charge in [0, 0.05) is 19.6 Å². The molecule has 0 radical (unpaired) electrons. The molecule has 3 nitrogen and oxygen atoms in total. The van der Waals surface area contributed by atoms with Gasteiger partial charge in [0.2, 0.25) is 0 Å². The van der Waals surface area contributed by atoms with E-state index in [2.05, 4.69) is 11.8 Å². The van der Waals surface area contributed by atoms with Crippen molar-refractivity contribution in [2.24, 2.45) is 5.92 Å². The standard InChI is InChI=1S/C7H15NO2/c1-6-2-8(3-6)4-7(10)5-9/h6-7,9-10H,2-5H2,1H3. The number of likely N-dealkylation sites (tertiary alicyclic amines) is 1. The molecule has 1 heterocycles. The zero-order valence-corrected chi connectivity index (χ0v) is 6.32. The van der Waals surface area contributed by atoms with Crippen LogP contribution in [0.25, 0.3) is 0 Å². The predicted molar refractivity (Wildman–Crippen MR) is 38.7 cm³/mol. The highest BCUT2D eigenvalue weighted by atomic mass is 16.3. The van der Waals surface area contributed by atoms with Gasteiger partial charge in [-0.15, -0.1) is 0 Å². The van der Waals surface area contributed by atoms with Crippen LogP contribution in [0.1, 0.15) is 6.92 Å². The van der Waals surface area contributed by atoms with Crippen LogP contribution in [0, 0.1) is 5.92 Å². The van der Waals surface area contributed by atoms with Gasteiger partial charge >= 0.3 is 0 Å². The lowest BCUT2D eigenvalue weighted by molar-refractivity contribution is 0.0192. The van der Waals surface area contributed by atoms with Gasteiger partial charge in [-0.25, -0.2) is 0 Å². The molecular weight excluding hydrogens is 130 g/mol. The quantitative estimate of drug-likeness (QED) is 0.551. The van der Waals surface area contributed by atoms with Gasteiger partial charge < -0.3 is 15.1 Å². The second-order valence-corrected chi connectivity index (χ2v) is 3.16. The molecule has 1 fully saturated rings. The lowest BCUT2D eigenvalue weighted by Gasteiger charge is -2.38. The van der Waals surface area contributed by atoms with E-state index < -0.39 is 6.10 Å². The molecule has 60 valence electrons. The molecule has 1 saturated heterocycles. The first-order valence-electron chi connectivity index (χ1n) is 3.73. The van der Waals surface area contributed by atoms with Crippen LogP contribution < -0.4 is 0 Å². The number of β-amino-alcohol motifs (C(OH)–C–C–N with tert-alkyl or cyclic N) is 1. The van der Waals surface area contributed by atoms with E-state index >= 15 is 0 Å². The number of hydrogen-bond donors (Lipinski definition) is 2. The number of aliphatic hydroxyl groups excluding tert-OH is 2. The van der Waals surface area contributed by atoms with E-state index in [9.17, 15) is 0 Å². The van der Waals surface area contributed by atoms with Crippen molar-refractivity contribution < 1.29 is 10.2 Å². The Hall–Kier alpha value is -0.120. The minimum Gasteiger partial charge on any atom is -0.394 e. The maximum absolute atomic E-state index is 8.99. The molecule has 0 bridgehead atoms. The SMILES string of the molecule is CC1CN(CC(O)CO)C1. The highest BCUT2D eigenvalue weighted by molar-refractivity contribution is 4.77. The zero-order valence-electron chi connectivity index (χ0n) is 6.32. The van der Waals surface area contributed by atoms with Gasteiger partial charge in [-0.2, -0.15) is 0 Å². The summed E-state index contributed by atoms with van der Waals surface area (Å²) in [5.74, 6) is 0.769. The number of hydrogen-bond acceptors (Lipinski definition) is 3. The number of aliphatic hydroxyl groups is 2. The van der Waals surface area contributed by atoms with Crippen molar-refractivity contribution >= 4 is 0 Å². The van der Waals surface area contributed by atoms with E-state index in [0.29, 0.717) is 6.54 Å². The molecule has 0 spiro atoms. The lowest BCUT2D eigenvalue weighted by atomic mass is 10.0. The summed E-state index contributed by atoms with van der Waals surface area (Å²) in [7, 11) is 0. The van der Waals surface area contributed by atoms with Crippen LogP contribution in [0.2, 0.25) is 0 Å². The Labute approximate surface area is 61.3 Å². The van der Waals surface area contributed by atoms with Gasteiger partial charge in [-0.3, -0.25) is 0 Å². The van der Waals surface area contributed by atoms with Crippen LogP contribution in [0.5, 0.6) is 0 Å². The minimum atomic E-state index is -0.549. The molecule has 0 aromatic carbocycles. The Bertz CT molecular complexity index is 102. The highest BCUT2D eigenvalue weighted by Crippen LogP contribution is 2.13. The topological polar surface area (TPSA) is 43.7 Å². The van der Waals surface area contributed by atoms with Crippen molar-refractivity contribution in [3.63, 3.8) is 0 Å². The van der Waals surface area contributed by atoms with Crippen LogP contribution in [0.15, 0.2) is 0 Å². The zero-order chi connectivity index (χ0) is 7.56. The fourth-order valence-corrected chi connectivity index (χ4v) is 1.33. The van der Waals surface area contributed by atoms with Crippen LogP contribution in [0.3, 0.4) is 0 Å². The van der Waals surface area contributed by atoms with E-state index in [1.165, 1.54) is 0 Å². The van der Waals surface area contributed by atoms with Crippen molar-refractivity contribution in [3.8, 4) is 0 Å². The molecule has 2 N–H and O–H groups in total. The fraction of sp³-hybridized carbons (Fsp3) is 1.00. The number of rotatable bonds is 3. The molecule has 1 unspecified atom stereocenters. The monoisotopic (exact) mass is 145 g/mol. The van der Waals surface area contributed by atoms with Crippen LogP contribution >= 0.6 is 0 Å². The molecule has 1 rings (SSSR count). The molecule has 0 aliphatic carbocycles. The summed E-state index contributed by atoms with van der Waals surface area (Å²) in [4.78, 5) is 2.14. The van der Waals surface area contributed by atoms with Gasteiger partial charge in [-0.05, 0) is 5.92 Å². The molecule has 1 aliphatic heterocycles. The van der Waals surface area contributed by atoms with Crippen LogP contribution in [-0.4, -0.2) is 47.5 Å². The first-order chi connectivity index (χ1) is 4.72. The van der Waals surface area contributed by atoms with E-state index in [-0.39, 0.29) is 6.61 Å². The predicted octanol–water partition coefficient (Wildman–Crippen LogP) is -0.709. The van der Waals surface area contributed by atoms with E-state index in [4.69, 9.17) is 10.2 Å². The van der Waals surface area contributed by atoms with Crippen molar-refractivity contribution in [2.75, 3.05) is 26.2 Å². The highest BCUT2D eigenvalue weighted by Gasteiger charge is 2.23. The maximum atomic E-state index is 8.99. The third-order valence-corrected chi connectivity index (χ3v) is 1.82. The molecule has 0 aromatic rings. The molecule has 10 heavy (non-hydrogen) atoms. The van der Waals surface area contributed by atoms with Gasteiger partial charge in [0.1, 0.15) is 0 Å². The molecule has 0 aromatic heterocycles. The second kappa shape index (κ2) is 3.32. The largest absolute Gasteiger partial charge is 0.394 e. The lowest BCUT2D eigenvalue weighted by Crippen LogP contribution is -2.48. The second-order valence-electron chi connectivity index (χ2n) is 3.16. The summed E-state index contributed by atoms with van der Waals surface area (Å²) < 4.78 is 0. The normalized spacial score (nSPS) is 24.3. The van der Waals surface area contributed by atoms with E-state index in [1.54, 1.807) is 0 Å². The van der Waals surface area contributed by atoms with Crippen molar-refractivity contribution in [2.45, 2.75) is 13.0 Å². The molecule has 0 saturated carbocycles. The van der Waals surface area contributed by atoms with E-state index in [0.717, 1.165) is 19.0 Å². The van der Waals surface area contributed by atoms with Crippen molar-refractivity contribution in [1.29, 1.82) is 0 Å². The third kappa shape index (κ3) is 1.94. The van der Waals surface area contributed by atoms with E-state index in [1.807, 2.05) is 0 Å². The molecule has 3 heteroatoms. The van der Waals surface area contributed by atoms with Gasteiger partial charge in [0.05, 0.1) is 12.7 Å². The summed E-state index contributed by atoms with van der Waals surface area (Å²) in [6.45, 7) is 4.82. The Morgan fingerprint density at radius 3 is 2.60 bits per heavy atom. The maximum Gasteiger partial charge on any atom is 0.0897 e. The molecule has 0 amide bonds. The summed E-state index contributed by atoms with van der Waals surface area (Å²) >= 11 is 0. The minimum absolute atomic E-state index is 0.120. The van der Waals surface area contributed by atoms with Gasteiger partial charge in [0.15, 0.2) is 0 Å². The summed E-state index contributed by atoms with van der Waals surface area (Å²) in [5.41, 5.74) is 0. The number of nitrogens with zero attached hydrogens (tertiary/aromatic N) is 1. The van der Waals surface area contributed by atoms with Gasteiger partial charge in [-0.1, -0.05) is 6.92 Å². The summed E-state index contributed by atoms with van der Waals surface area (Å²) in [6.07, 6.45) is -0.549. The Kier molecular flexibility index (Phi) is 2.65. The average Bonchev–Trinajstić information content (AvgIpc) is 1.84. The Balaban J connectivity index is 2.04. The average molecular weight is 145 g/mol. The summed E-state index contributed by atoms with van der Waals surface area (Å²) in [5, 5.41) is 17.5. The Morgan fingerprint density at radius 1 is 1.60 bits per heavy atom. The Morgan fingerprint density at radius 2 is 2.20 bits per heavy atom. The smallest absolute Gasteiger partial charge is 0.0897 e. The first-order valence-corrected chi connectivity index (χ1v) is 3.73. The van der Waals surface area contributed by atoms with Crippen molar-refractivity contribution in [3.05, 3.63) is 0 Å². The summed E-state index contributed by atoms with van der Waals surface area (Å²) in [6, 6.07) is 0. The van der Waals surface area contributed by atoms with Crippen LogP contribution in [-0.2, 0) is 0 Å². The molecule has 1 atom stereocenters. The molecule has 1 aliphatic rings. The van der Waals surface area contributed by atoms with Crippen molar-refractivity contribution in [1.82, 2.24) is 4.90 Å². The van der Waals surface area contributed by atoms with Crippen LogP contribution in [0.4, 0.5) is 0 Å². The molecular formula is C7H15NO2. The fourth-order valence-electron chi connectivity index (χ4n) is 1.33. The third-order valence-electron chi connectivity index (χ3n) is 1.82. The first kappa shape index (κ1) is 7.98. The van der Waals surface area contributed by atoms with Gasteiger partial charge in [0.25, 0.3) is 0 Å².